The van der Waals surface area contributed by atoms with Gasteiger partial charge in [0.05, 0.1) is 19.9 Å². The minimum absolute atomic E-state index is 0.193. The van der Waals surface area contributed by atoms with Crippen molar-refractivity contribution in [2.75, 3.05) is 14.2 Å². The molecule has 1 aromatic rings. The number of methoxy groups -OCH3 is 2. The van der Waals surface area contributed by atoms with Gasteiger partial charge in [-0.15, -0.1) is 0 Å². The zero-order valence-corrected chi connectivity index (χ0v) is 11.2. The van der Waals surface area contributed by atoms with Gasteiger partial charge in [0, 0.05) is 6.21 Å². The molecule has 0 fully saturated rings. The number of aliphatic hydroxyl groups excluding tert-OH is 1. The molecule has 0 atom stereocenters. The summed E-state index contributed by atoms with van der Waals surface area (Å²) in [5.74, 6) is -1.91. The van der Waals surface area contributed by atoms with Crippen molar-refractivity contribution >= 4 is 23.8 Å². The van der Waals surface area contributed by atoms with Crippen LogP contribution < -0.4 is 0 Å². The Morgan fingerprint density at radius 3 is 2.40 bits per heavy atom. The number of benzene rings is 1. The molecule has 6 nitrogen and oxygen atoms in total. The van der Waals surface area contributed by atoms with Gasteiger partial charge in [-0.05, 0) is 12.1 Å². The Labute approximate surface area is 116 Å². The average Bonchev–Trinajstić information content (AvgIpc) is 2.47. The summed E-state index contributed by atoms with van der Waals surface area (Å²) in [7, 11) is 2.36. The maximum Gasteiger partial charge on any atom is 0.342 e. The van der Waals surface area contributed by atoms with E-state index < -0.39 is 24.1 Å². The fourth-order valence-electron chi connectivity index (χ4n) is 1.31. The summed E-state index contributed by atoms with van der Waals surface area (Å²) in [6.07, 6.45) is 0.723. The average molecular weight is 277 g/mol. The first-order chi connectivity index (χ1) is 9.58. The van der Waals surface area contributed by atoms with Crippen LogP contribution in [0.25, 0.3) is 0 Å². The standard InChI is InChI=1S/C14H15NO5/c1-19-13(17)8-12(16)11(14(18)20-2)9-15-10-6-4-3-5-7-10/h3-7,9,16H,8H2,1-2H3. The Balaban J connectivity index is 3.01. The molecule has 6 heteroatoms. The molecule has 0 saturated heterocycles. The van der Waals surface area contributed by atoms with Crippen LogP contribution in [0.3, 0.4) is 0 Å². The van der Waals surface area contributed by atoms with Crippen molar-refractivity contribution in [1.82, 2.24) is 0 Å². The third-order valence-corrected chi connectivity index (χ3v) is 2.35. The lowest BCUT2D eigenvalue weighted by Gasteiger charge is -2.04. The number of esters is 2. The van der Waals surface area contributed by atoms with Gasteiger partial charge in [-0.2, -0.15) is 0 Å². The topological polar surface area (TPSA) is 85.2 Å². The largest absolute Gasteiger partial charge is 0.511 e. The van der Waals surface area contributed by atoms with Crippen LogP contribution in [-0.4, -0.2) is 37.5 Å². The van der Waals surface area contributed by atoms with Crippen molar-refractivity contribution in [1.29, 1.82) is 0 Å². The van der Waals surface area contributed by atoms with Crippen LogP contribution in [0.4, 0.5) is 5.69 Å². The lowest BCUT2D eigenvalue weighted by atomic mass is 10.2. The van der Waals surface area contributed by atoms with Crippen molar-refractivity contribution in [3.05, 3.63) is 41.7 Å². The number of carbonyl (C=O) groups is 2. The van der Waals surface area contributed by atoms with Crippen LogP contribution in [0.5, 0.6) is 0 Å². The quantitative estimate of drug-likeness (QED) is 0.385. The van der Waals surface area contributed by atoms with Crippen molar-refractivity contribution in [3.8, 4) is 0 Å². The minimum atomic E-state index is -0.786. The highest BCUT2D eigenvalue weighted by Gasteiger charge is 2.16. The first kappa shape index (κ1) is 15.4. The first-order valence-electron chi connectivity index (χ1n) is 5.74. The first-order valence-corrected chi connectivity index (χ1v) is 5.74. The number of aliphatic imine (C=N–C) groups is 1. The van der Waals surface area contributed by atoms with Crippen LogP contribution in [-0.2, 0) is 19.1 Å². The van der Waals surface area contributed by atoms with Crippen LogP contribution in [0.15, 0.2) is 46.7 Å². The summed E-state index contributed by atoms with van der Waals surface area (Å²) in [5.41, 5.74) is 0.404. The molecule has 0 bridgehead atoms. The molecular weight excluding hydrogens is 262 g/mol. The highest BCUT2D eigenvalue weighted by atomic mass is 16.5. The number of carbonyl (C=O) groups excluding carboxylic acids is 2. The molecule has 106 valence electrons. The summed E-state index contributed by atoms with van der Waals surface area (Å²) in [5, 5.41) is 9.78. The van der Waals surface area contributed by atoms with E-state index in [2.05, 4.69) is 14.5 Å². The number of para-hydroxylation sites is 1. The summed E-state index contributed by atoms with van der Waals surface area (Å²) in [6, 6.07) is 8.83. The zero-order chi connectivity index (χ0) is 15.0. The smallest absolute Gasteiger partial charge is 0.342 e. The molecule has 0 unspecified atom stereocenters. The monoisotopic (exact) mass is 277 g/mol. The molecule has 0 aromatic heterocycles. The zero-order valence-electron chi connectivity index (χ0n) is 11.2. The van der Waals surface area contributed by atoms with Gasteiger partial charge < -0.3 is 14.6 Å². The molecule has 1 aromatic carbocycles. The molecule has 0 saturated carbocycles. The molecule has 0 aliphatic rings. The number of aliphatic hydroxyl groups is 1. The predicted molar refractivity (Wildman–Crippen MR) is 72.9 cm³/mol. The van der Waals surface area contributed by atoms with E-state index in [0.717, 1.165) is 6.21 Å². The van der Waals surface area contributed by atoms with E-state index >= 15 is 0 Å². The van der Waals surface area contributed by atoms with E-state index in [9.17, 15) is 14.7 Å². The van der Waals surface area contributed by atoms with E-state index in [0.29, 0.717) is 5.69 Å². The number of ether oxygens (including phenoxy) is 2. The Morgan fingerprint density at radius 2 is 1.85 bits per heavy atom. The van der Waals surface area contributed by atoms with E-state index in [1.54, 1.807) is 24.3 Å². The van der Waals surface area contributed by atoms with Crippen molar-refractivity contribution < 1.29 is 24.2 Å². The van der Waals surface area contributed by atoms with Gasteiger partial charge in [0.15, 0.2) is 0 Å². The van der Waals surface area contributed by atoms with E-state index in [1.807, 2.05) is 6.07 Å². The molecule has 0 aliphatic heterocycles. The fourth-order valence-corrected chi connectivity index (χ4v) is 1.31. The summed E-state index contributed by atoms with van der Waals surface area (Å²) in [6.45, 7) is 0. The van der Waals surface area contributed by atoms with Gasteiger partial charge in [-0.25, -0.2) is 4.79 Å². The number of rotatable bonds is 5. The molecule has 0 aliphatic carbocycles. The summed E-state index contributed by atoms with van der Waals surface area (Å²) in [4.78, 5) is 26.7. The maximum atomic E-state index is 11.6. The lowest BCUT2D eigenvalue weighted by Crippen LogP contribution is -2.12. The normalized spacial score (nSPS) is 11.9. The minimum Gasteiger partial charge on any atom is -0.511 e. The molecule has 0 heterocycles. The lowest BCUT2D eigenvalue weighted by molar-refractivity contribution is -0.140. The molecule has 0 radical (unpaired) electrons. The van der Waals surface area contributed by atoms with Crippen LogP contribution in [0.1, 0.15) is 6.42 Å². The molecule has 0 spiro atoms. The third kappa shape index (κ3) is 4.56. The number of nitrogens with zero attached hydrogens (tertiary/aromatic N) is 1. The second-order valence-electron chi connectivity index (χ2n) is 3.70. The van der Waals surface area contributed by atoms with Crippen molar-refractivity contribution in [3.63, 3.8) is 0 Å². The number of hydrogen-bond acceptors (Lipinski definition) is 6. The van der Waals surface area contributed by atoms with Crippen molar-refractivity contribution in [2.24, 2.45) is 4.99 Å². The summed E-state index contributed by atoms with van der Waals surface area (Å²) >= 11 is 0. The third-order valence-electron chi connectivity index (χ3n) is 2.35. The highest BCUT2D eigenvalue weighted by molar-refractivity contribution is 6.10. The van der Waals surface area contributed by atoms with Crippen LogP contribution in [0.2, 0.25) is 0 Å². The molecule has 20 heavy (non-hydrogen) atoms. The molecule has 0 amide bonds. The molecular formula is C14H15NO5. The number of hydrogen-bond donors (Lipinski definition) is 1. The van der Waals surface area contributed by atoms with Crippen LogP contribution >= 0.6 is 0 Å². The van der Waals surface area contributed by atoms with E-state index in [-0.39, 0.29) is 5.57 Å². The van der Waals surface area contributed by atoms with Crippen LogP contribution in [0, 0.1) is 0 Å². The van der Waals surface area contributed by atoms with Gasteiger partial charge in [-0.1, -0.05) is 18.2 Å². The Kier molecular flexibility index (Phi) is 5.96. The van der Waals surface area contributed by atoms with Gasteiger partial charge in [0.1, 0.15) is 17.8 Å². The second-order valence-corrected chi connectivity index (χ2v) is 3.70. The highest BCUT2D eigenvalue weighted by Crippen LogP contribution is 2.12. The van der Waals surface area contributed by atoms with E-state index in [1.165, 1.54) is 14.2 Å². The van der Waals surface area contributed by atoms with Gasteiger partial charge in [0.2, 0.25) is 0 Å². The Hall–Kier alpha value is -2.63. The predicted octanol–water partition coefficient (Wildman–Crippen LogP) is 1.94. The Bertz CT molecular complexity index is 534. The maximum absolute atomic E-state index is 11.6. The molecule has 1 rings (SSSR count). The van der Waals surface area contributed by atoms with Gasteiger partial charge in [-0.3, -0.25) is 9.79 Å². The second kappa shape index (κ2) is 7.73. The van der Waals surface area contributed by atoms with E-state index in [4.69, 9.17) is 0 Å². The van der Waals surface area contributed by atoms with Gasteiger partial charge >= 0.3 is 11.9 Å². The SMILES string of the molecule is COC(=O)CC(O)=C(C=Nc1ccccc1)C(=O)OC. The Morgan fingerprint density at radius 1 is 1.20 bits per heavy atom. The fraction of sp³-hybridized carbons (Fsp3) is 0.214. The molecule has 1 N–H and O–H groups in total. The van der Waals surface area contributed by atoms with Crippen molar-refractivity contribution in [2.45, 2.75) is 6.42 Å². The summed E-state index contributed by atoms with van der Waals surface area (Å²) < 4.78 is 8.95. The van der Waals surface area contributed by atoms with Gasteiger partial charge in [0.25, 0.3) is 0 Å².